The molecule has 2 aromatic rings. The van der Waals surface area contributed by atoms with Crippen molar-refractivity contribution >= 4 is 33.4 Å². The van der Waals surface area contributed by atoms with Gasteiger partial charge in [0.2, 0.25) is 0 Å². The normalized spacial score (nSPS) is 19.9. The maximum atomic E-state index is 13.5. The standard InChI is InChI=1S/C24H24F3N5O5S/c1-29-10-12-30(13-11-29)20(33)19-14-28-9-6-16(19)15-31-22(35)32(21(34)23(31)7-8-23)17-2-4-18(5-3-17)38(36,37)24(25,26)27/h2-6,9,14H,7-8,10-13,15H2,1H3. The third-order valence-electron chi connectivity index (χ3n) is 7.23. The molecule has 5 rings (SSSR count). The minimum absolute atomic E-state index is 0.0427. The number of anilines is 1. The number of carbonyl (C=O) groups is 3. The summed E-state index contributed by atoms with van der Waals surface area (Å²) < 4.78 is 62.0. The number of urea groups is 1. The number of alkyl halides is 3. The number of likely N-dealkylation sites (N-methyl/N-ethyl adjacent to an activating group) is 1. The smallest absolute Gasteiger partial charge is 0.336 e. The number of sulfone groups is 1. The van der Waals surface area contributed by atoms with Crippen molar-refractivity contribution in [1.82, 2.24) is 19.7 Å². The van der Waals surface area contributed by atoms with Crippen molar-refractivity contribution in [3.05, 3.63) is 53.9 Å². The molecule has 0 bridgehead atoms. The monoisotopic (exact) mass is 551 g/mol. The van der Waals surface area contributed by atoms with Crippen molar-refractivity contribution in [2.45, 2.75) is 35.3 Å². The number of hydrogen-bond acceptors (Lipinski definition) is 7. The Labute approximate surface area is 216 Å². The van der Waals surface area contributed by atoms with Crippen molar-refractivity contribution in [2.75, 3.05) is 38.1 Å². The van der Waals surface area contributed by atoms with Gasteiger partial charge in [0.05, 0.1) is 16.1 Å². The number of halogens is 3. The van der Waals surface area contributed by atoms with Gasteiger partial charge in [-0.25, -0.2) is 18.1 Å². The molecule has 3 heterocycles. The van der Waals surface area contributed by atoms with Crippen molar-refractivity contribution in [1.29, 1.82) is 0 Å². The molecule has 38 heavy (non-hydrogen) atoms. The van der Waals surface area contributed by atoms with E-state index in [0.717, 1.165) is 42.3 Å². The zero-order valence-electron chi connectivity index (χ0n) is 20.3. The first-order valence-electron chi connectivity index (χ1n) is 11.9. The second-order valence-corrected chi connectivity index (χ2v) is 11.6. The third-order valence-corrected chi connectivity index (χ3v) is 8.74. The van der Waals surface area contributed by atoms with E-state index >= 15 is 0 Å². The van der Waals surface area contributed by atoms with Gasteiger partial charge in [0.1, 0.15) is 5.54 Å². The lowest BCUT2D eigenvalue weighted by molar-refractivity contribution is -0.120. The minimum atomic E-state index is -5.57. The van der Waals surface area contributed by atoms with Gasteiger partial charge in [-0.05, 0) is 55.8 Å². The van der Waals surface area contributed by atoms with Gasteiger partial charge in [-0.2, -0.15) is 13.2 Å². The fourth-order valence-electron chi connectivity index (χ4n) is 4.77. The van der Waals surface area contributed by atoms with Crippen LogP contribution in [0.5, 0.6) is 0 Å². The van der Waals surface area contributed by atoms with Crippen LogP contribution in [-0.4, -0.2) is 90.2 Å². The van der Waals surface area contributed by atoms with Gasteiger partial charge >= 0.3 is 11.5 Å². The van der Waals surface area contributed by atoms with E-state index in [4.69, 9.17) is 0 Å². The molecule has 14 heteroatoms. The van der Waals surface area contributed by atoms with E-state index in [1.165, 1.54) is 17.3 Å². The Morgan fingerprint density at radius 1 is 1.03 bits per heavy atom. The number of piperazine rings is 1. The highest BCUT2D eigenvalue weighted by Crippen LogP contribution is 2.50. The van der Waals surface area contributed by atoms with Crippen LogP contribution in [0.25, 0.3) is 0 Å². The average Bonchev–Trinajstić information content (AvgIpc) is 3.66. The summed E-state index contributed by atoms with van der Waals surface area (Å²) in [6, 6.07) is 4.36. The number of imide groups is 1. The predicted octanol–water partition coefficient (Wildman–Crippen LogP) is 2.26. The summed E-state index contributed by atoms with van der Waals surface area (Å²) in [7, 11) is -3.61. The van der Waals surface area contributed by atoms with E-state index in [1.54, 1.807) is 11.0 Å². The van der Waals surface area contributed by atoms with Gasteiger partial charge in [-0.3, -0.25) is 14.6 Å². The summed E-state index contributed by atoms with van der Waals surface area (Å²) in [6.07, 6.45) is 3.72. The molecule has 3 fully saturated rings. The van der Waals surface area contributed by atoms with Gasteiger partial charge in [-0.1, -0.05) is 0 Å². The molecule has 0 radical (unpaired) electrons. The topological polar surface area (TPSA) is 111 Å². The Balaban J connectivity index is 1.41. The first kappa shape index (κ1) is 26.1. The van der Waals surface area contributed by atoms with E-state index in [2.05, 4.69) is 9.88 Å². The number of aromatic nitrogens is 1. The molecule has 202 valence electrons. The number of carbonyl (C=O) groups excluding carboxylic acids is 3. The SMILES string of the molecule is CN1CCN(C(=O)c2cnccc2CN2C(=O)N(c3ccc(S(=O)(=O)C(F)(F)F)cc3)C(=O)C23CC3)CC1. The molecule has 4 amide bonds. The summed E-state index contributed by atoms with van der Waals surface area (Å²) in [4.78, 5) is 49.1. The van der Waals surface area contributed by atoms with Gasteiger partial charge < -0.3 is 14.7 Å². The first-order chi connectivity index (χ1) is 17.9. The number of benzene rings is 1. The fourth-order valence-corrected chi connectivity index (χ4v) is 5.54. The molecule has 1 aromatic heterocycles. The summed E-state index contributed by atoms with van der Waals surface area (Å²) >= 11 is 0. The van der Waals surface area contributed by atoms with Gasteiger partial charge in [0.25, 0.3) is 21.7 Å². The summed E-state index contributed by atoms with van der Waals surface area (Å²) in [6.45, 7) is 2.49. The van der Waals surface area contributed by atoms with Crippen LogP contribution in [-0.2, 0) is 21.2 Å². The van der Waals surface area contributed by atoms with Crippen LogP contribution in [0.15, 0.2) is 47.6 Å². The molecule has 2 aliphatic heterocycles. The van der Waals surface area contributed by atoms with Gasteiger partial charge in [-0.15, -0.1) is 0 Å². The Kier molecular flexibility index (Phi) is 6.21. The molecule has 10 nitrogen and oxygen atoms in total. The van der Waals surface area contributed by atoms with Crippen LogP contribution in [0.1, 0.15) is 28.8 Å². The Hall–Kier alpha value is -3.52. The first-order valence-corrected chi connectivity index (χ1v) is 13.3. The number of rotatable bonds is 5. The lowest BCUT2D eigenvalue weighted by atomic mass is 10.1. The van der Waals surface area contributed by atoms with Crippen LogP contribution in [0.3, 0.4) is 0 Å². The van der Waals surface area contributed by atoms with Crippen LogP contribution in [0, 0.1) is 0 Å². The molecule has 0 N–H and O–H groups in total. The molecule has 1 saturated carbocycles. The van der Waals surface area contributed by atoms with E-state index in [1.807, 2.05) is 7.05 Å². The molecule has 1 spiro atoms. The lowest BCUT2D eigenvalue weighted by Crippen LogP contribution is -2.47. The third kappa shape index (κ3) is 4.21. The van der Waals surface area contributed by atoms with Crippen LogP contribution in [0.4, 0.5) is 23.7 Å². The van der Waals surface area contributed by atoms with E-state index < -0.39 is 37.7 Å². The van der Waals surface area contributed by atoms with Crippen molar-refractivity contribution in [3.8, 4) is 0 Å². The van der Waals surface area contributed by atoms with Gasteiger partial charge in [0.15, 0.2) is 0 Å². The highest BCUT2D eigenvalue weighted by Gasteiger charge is 2.65. The molecule has 3 aliphatic rings. The molecule has 0 unspecified atom stereocenters. The zero-order valence-corrected chi connectivity index (χ0v) is 21.1. The average molecular weight is 552 g/mol. The molecule has 2 saturated heterocycles. The minimum Gasteiger partial charge on any atom is -0.336 e. The number of amides is 4. The number of nitrogens with zero attached hydrogens (tertiary/aromatic N) is 5. The maximum absolute atomic E-state index is 13.5. The van der Waals surface area contributed by atoms with E-state index in [-0.39, 0.29) is 18.1 Å². The molecular formula is C24H24F3N5O5S. The number of hydrogen-bond donors (Lipinski definition) is 0. The highest BCUT2D eigenvalue weighted by atomic mass is 32.2. The largest absolute Gasteiger partial charge is 0.501 e. The zero-order chi connectivity index (χ0) is 27.5. The second kappa shape index (κ2) is 9.05. The van der Waals surface area contributed by atoms with E-state index in [0.29, 0.717) is 37.1 Å². The molecule has 1 aromatic carbocycles. The predicted molar refractivity (Wildman–Crippen MR) is 128 cm³/mol. The van der Waals surface area contributed by atoms with Crippen molar-refractivity contribution in [2.24, 2.45) is 0 Å². The maximum Gasteiger partial charge on any atom is 0.501 e. The molecule has 1 aliphatic carbocycles. The Bertz CT molecular complexity index is 1400. The summed E-state index contributed by atoms with van der Waals surface area (Å²) in [5.41, 5.74) is -5.80. The fraction of sp³-hybridized carbons (Fsp3) is 0.417. The highest BCUT2D eigenvalue weighted by molar-refractivity contribution is 7.92. The van der Waals surface area contributed by atoms with Gasteiger partial charge in [0, 0.05) is 45.1 Å². The second-order valence-electron chi connectivity index (χ2n) is 9.61. The van der Waals surface area contributed by atoms with Crippen LogP contribution in [0.2, 0.25) is 0 Å². The molecular weight excluding hydrogens is 527 g/mol. The Morgan fingerprint density at radius 3 is 2.24 bits per heavy atom. The lowest BCUT2D eigenvalue weighted by Gasteiger charge is -2.33. The quantitative estimate of drug-likeness (QED) is 0.524. The summed E-state index contributed by atoms with van der Waals surface area (Å²) in [5.74, 6) is -0.766. The van der Waals surface area contributed by atoms with Crippen molar-refractivity contribution < 1.29 is 36.0 Å². The number of pyridine rings is 1. The molecule has 0 atom stereocenters. The Morgan fingerprint density at radius 2 is 1.66 bits per heavy atom. The van der Waals surface area contributed by atoms with Crippen LogP contribution < -0.4 is 4.90 Å². The van der Waals surface area contributed by atoms with E-state index in [9.17, 15) is 36.0 Å². The van der Waals surface area contributed by atoms with Crippen LogP contribution >= 0.6 is 0 Å². The van der Waals surface area contributed by atoms with Crippen molar-refractivity contribution in [3.63, 3.8) is 0 Å². The summed E-state index contributed by atoms with van der Waals surface area (Å²) in [5, 5.41) is 0.